The molecule has 0 atom stereocenters. The molecule has 0 aromatic carbocycles. The van der Waals surface area contributed by atoms with Gasteiger partial charge in [0.05, 0.1) is 0 Å². The summed E-state index contributed by atoms with van der Waals surface area (Å²) in [6.45, 7) is 0. The summed E-state index contributed by atoms with van der Waals surface area (Å²) in [4.78, 5) is 10.2. The summed E-state index contributed by atoms with van der Waals surface area (Å²) < 4.78 is 0. The van der Waals surface area contributed by atoms with Crippen LogP contribution in [-0.4, -0.2) is 6.29 Å². The van der Waals surface area contributed by atoms with Gasteiger partial charge in [0.25, 0.3) is 0 Å². The van der Waals surface area contributed by atoms with Gasteiger partial charge in [0, 0.05) is 0 Å². The minimum atomic E-state index is 0.837. The first kappa shape index (κ1) is 13.6. The monoisotopic (exact) mass is 352 g/mol. The quantitative estimate of drug-likeness (QED) is 0.517. The second kappa shape index (κ2) is 10.7. The summed E-state index contributed by atoms with van der Waals surface area (Å²) in [5.74, 6) is 0. The van der Waals surface area contributed by atoms with E-state index in [0.717, 1.165) is 42.4 Å². The van der Waals surface area contributed by atoms with Crippen LogP contribution < -0.4 is 0 Å². The van der Waals surface area contributed by atoms with Gasteiger partial charge >= 0.3 is 39.5 Å². The van der Waals surface area contributed by atoms with Crippen molar-refractivity contribution in [1.29, 1.82) is 0 Å². The molecule has 0 saturated heterocycles. The van der Waals surface area contributed by atoms with E-state index in [-0.39, 0.29) is 0 Å². The molecule has 76 valence electrons. The van der Waals surface area contributed by atoms with Crippen LogP contribution in [-0.2, 0) is 15.9 Å². The Balaban J connectivity index is 0.000000424. The zero-order valence-electron chi connectivity index (χ0n) is 7.06. The van der Waals surface area contributed by atoms with Crippen LogP contribution in [0.5, 0.6) is 0 Å². The van der Waals surface area contributed by atoms with Crippen LogP contribution in [0.3, 0.4) is 0 Å². The van der Waals surface area contributed by atoms with Crippen LogP contribution in [0, 0.1) is 0 Å². The number of hydrogen-bond acceptors (Lipinski definition) is 1. The zero-order valence-corrected chi connectivity index (χ0v) is 11.3. The van der Waals surface area contributed by atoms with Crippen molar-refractivity contribution in [1.82, 2.24) is 0 Å². The van der Waals surface area contributed by atoms with Crippen LogP contribution in [0.15, 0.2) is 23.8 Å². The van der Waals surface area contributed by atoms with Gasteiger partial charge in [-0.2, -0.15) is 5.57 Å². The van der Waals surface area contributed by atoms with E-state index in [0.29, 0.717) is 0 Å². The Labute approximate surface area is 99.5 Å². The van der Waals surface area contributed by atoms with Gasteiger partial charge in [-0.15, -0.1) is 0 Å². The molecular weight excluding hydrogens is 343 g/mol. The molecule has 0 amide bonds. The van der Waals surface area contributed by atoms with Gasteiger partial charge in [-0.1, -0.05) is 25.0 Å². The first-order chi connectivity index (χ1) is 6.35. The van der Waals surface area contributed by atoms with E-state index < -0.39 is 0 Å². The third kappa shape index (κ3) is 8.93. The molecule has 1 rings (SSSR count). The predicted octanol–water partition coefficient (Wildman–Crippen LogP) is 3.84. The van der Waals surface area contributed by atoms with Gasteiger partial charge in [-0.3, -0.25) is 0 Å². The molecule has 1 aliphatic carbocycles. The molecule has 0 saturated carbocycles. The Morgan fingerprint density at radius 2 is 1.85 bits per heavy atom. The number of allylic oxidation sites excluding steroid dienone is 4. The molecule has 0 N–H and O–H groups in total. The van der Waals surface area contributed by atoms with Crippen molar-refractivity contribution in [3.05, 3.63) is 23.8 Å². The van der Waals surface area contributed by atoms with Crippen molar-refractivity contribution in [3.63, 3.8) is 0 Å². The van der Waals surface area contributed by atoms with Crippen LogP contribution in [0.4, 0.5) is 0 Å². The van der Waals surface area contributed by atoms with Gasteiger partial charge in [-0.25, -0.2) is 6.08 Å². The molecule has 0 bridgehead atoms. The minimum absolute atomic E-state index is 0.837. The topological polar surface area (TPSA) is 17.1 Å². The first-order valence-electron chi connectivity index (χ1n) is 3.91. The van der Waals surface area contributed by atoms with Crippen LogP contribution in [0.2, 0.25) is 0 Å². The summed E-state index contributed by atoms with van der Waals surface area (Å²) in [6.07, 6.45) is 12.1. The average molecular weight is 354 g/mol. The fraction of sp³-hybridized carbons (Fsp3) is 0.444. The molecule has 0 spiro atoms. The zero-order chi connectivity index (χ0) is 9.94. The van der Waals surface area contributed by atoms with Crippen molar-refractivity contribution >= 4 is 34.6 Å². The Bertz CT molecular complexity index is 190. The van der Waals surface area contributed by atoms with Crippen molar-refractivity contribution in [2.45, 2.75) is 25.7 Å². The molecule has 0 aliphatic heterocycles. The fourth-order valence-electron chi connectivity index (χ4n) is 1.02. The van der Waals surface area contributed by atoms with Gasteiger partial charge < -0.3 is 4.79 Å². The summed E-state index contributed by atoms with van der Waals surface area (Å²) in [6, 6.07) is 0. The van der Waals surface area contributed by atoms with E-state index in [1.54, 1.807) is 0 Å². The molecule has 0 unspecified atom stereocenters. The fourth-order valence-corrected chi connectivity index (χ4v) is 1.02. The second-order valence-corrected chi connectivity index (χ2v) is 7.72. The molecule has 0 aromatic rings. The number of carbonyl (C=O) groups excluding carboxylic acids is 1. The van der Waals surface area contributed by atoms with Gasteiger partial charge in [0.1, 0.15) is 0 Å². The van der Waals surface area contributed by atoms with E-state index in [2.05, 4.69) is 40.5 Å². The number of hydrogen-bond donors (Lipinski definition) is 0. The molecule has 4 heteroatoms. The summed E-state index contributed by atoms with van der Waals surface area (Å²) >= 11 is 7.12. The molecule has 0 radical (unpaired) electrons. The van der Waals surface area contributed by atoms with E-state index in [1.807, 2.05) is 12.4 Å². The predicted molar refractivity (Wildman–Crippen MR) is 59.2 cm³/mol. The number of halogens is 2. The number of rotatable bonds is 1. The Hall–Kier alpha value is 0.616. The third-order valence-corrected chi connectivity index (χ3v) is 1.60. The SMILES string of the molecule is O=[C-]C1=CCCC=CCC1.[Br][Co+][Br]. The van der Waals surface area contributed by atoms with Crippen molar-refractivity contribution in [2.75, 3.05) is 0 Å². The van der Waals surface area contributed by atoms with Gasteiger partial charge in [0.2, 0.25) is 0 Å². The Morgan fingerprint density at radius 3 is 2.46 bits per heavy atom. The maximum atomic E-state index is 10.2. The Kier molecular flexibility index (Phi) is 11.2. The van der Waals surface area contributed by atoms with Gasteiger partial charge in [-0.05, 0) is 19.1 Å². The van der Waals surface area contributed by atoms with E-state index >= 15 is 0 Å². The molecular formula is C9H11Br2CoO. The van der Waals surface area contributed by atoms with E-state index in [9.17, 15) is 4.79 Å². The normalized spacial score (nSPS) is 16.3. The van der Waals surface area contributed by atoms with Crippen LogP contribution in [0.1, 0.15) is 25.7 Å². The standard InChI is InChI=1S/C9H11O.2BrH.Co/c10-8-9-6-4-2-1-3-5-7-9;;;/h1-2,7H,3-6H2;2*1H;/q-1;;;+3/p-2. The Morgan fingerprint density at radius 1 is 1.23 bits per heavy atom. The van der Waals surface area contributed by atoms with Crippen LogP contribution in [0.25, 0.3) is 0 Å². The van der Waals surface area contributed by atoms with Crippen molar-refractivity contribution in [2.24, 2.45) is 0 Å². The molecule has 0 aromatic heterocycles. The summed E-state index contributed by atoms with van der Waals surface area (Å²) in [5.41, 5.74) is 0.837. The van der Waals surface area contributed by atoms with E-state index in [4.69, 9.17) is 0 Å². The molecule has 1 nitrogen and oxygen atoms in total. The van der Waals surface area contributed by atoms with Crippen molar-refractivity contribution < 1.29 is 15.9 Å². The van der Waals surface area contributed by atoms with E-state index in [1.165, 1.54) is 0 Å². The molecule has 0 fully saturated rings. The average Bonchev–Trinajstić information content (AvgIpc) is 2.05. The second-order valence-electron chi connectivity index (χ2n) is 2.47. The van der Waals surface area contributed by atoms with Crippen molar-refractivity contribution in [3.8, 4) is 0 Å². The summed E-state index contributed by atoms with van der Waals surface area (Å²) in [5, 5.41) is 0. The third-order valence-electron chi connectivity index (χ3n) is 1.60. The first-order valence-corrected chi connectivity index (χ1v) is 9.05. The van der Waals surface area contributed by atoms with Gasteiger partial charge in [0.15, 0.2) is 0 Å². The molecule has 1 aliphatic rings. The summed E-state index contributed by atoms with van der Waals surface area (Å²) in [7, 11) is 0. The molecule has 0 heterocycles. The van der Waals surface area contributed by atoms with Crippen LogP contribution >= 0.6 is 28.3 Å². The maximum absolute atomic E-state index is 10.2. The molecule has 13 heavy (non-hydrogen) atoms.